The van der Waals surface area contributed by atoms with Gasteiger partial charge in [0.2, 0.25) is 0 Å². The van der Waals surface area contributed by atoms with E-state index in [9.17, 15) is 13.8 Å². The quantitative estimate of drug-likeness (QED) is 0.786. The van der Waals surface area contributed by atoms with E-state index in [0.29, 0.717) is 22.6 Å². The Hall–Kier alpha value is -1.49. The largest absolute Gasteiger partial charge is 0.481 e. The predicted molar refractivity (Wildman–Crippen MR) is 64.6 cm³/mol. The first-order valence-corrected chi connectivity index (χ1v) is 6.54. The Balaban J connectivity index is 2.57. The van der Waals surface area contributed by atoms with E-state index in [0.717, 1.165) is 0 Å². The Kier molecular flexibility index (Phi) is 5.03. The van der Waals surface area contributed by atoms with Gasteiger partial charge in [0.05, 0.1) is 10.8 Å². The lowest BCUT2D eigenvalue weighted by atomic mass is 10.2. The zero-order valence-corrected chi connectivity index (χ0v) is 10.3. The van der Waals surface area contributed by atoms with Crippen LogP contribution in [0.15, 0.2) is 29.2 Å². The maximum Gasteiger partial charge on any atom is 0.303 e. The van der Waals surface area contributed by atoms with Crippen LogP contribution in [0.25, 0.3) is 0 Å². The second-order valence-corrected chi connectivity index (χ2v) is 5.20. The van der Waals surface area contributed by atoms with Gasteiger partial charge in [-0.15, -0.1) is 0 Å². The maximum atomic E-state index is 11.7. The first-order valence-electron chi connectivity index (χ1n) is 5.22. The summed E-state index contributed by atoms with van der Waals surface area (Å²) in [6.07, 6.45) is 0.410. The van der Waals surface area contributed by atoms with Crippen molar-refractivity contribution in [2.45, 2.75) is 24.7 Å². The van der Waals surface area contributed by atoms with Gasteiger partial charge in [0.15, 0.2) is 5.78 Å². The summed E-state index contributed by atoms with van der Waals surface area (Å²) in [6, 6.07) is 6.56. The molecule has 1 unspecified atom stereocenters. The fourth-order valence-corrected chi connectivity index (χ4v) is 2.40. The van der Waals surface area contributed by atoms with Crippen LogP contribution >= 0.6 is 0 Å². The van der Waals surface area contributed by atoms with Crippen LogP contribution in [-0.4, -0.2) is 26.8 Å². The molecule has 1 atom stereocenters. The Labute approximate surface area is 102 Å². The molecule has 0 heterocycles. The van der Waals surface area contributed by atoms with E-state index in [1.807, 2.05) is 0 Å². The average Bonchev–Trinajstić information content (AvgIpc) is 2.28. The molecule has 17 heavy (non-hydrogen) atoms. The zero-order valence-electron chi connectivity index (χ0n) is 9.51. The lowest BCUT2D eigenvalue weighted by Gasteiger charge is -2.02. The smallest absolute Gasteiger partial charge is 0.303 e. The van der Waals surface area contributed by atoms with E-state index in [4.69, 9.17) is 5.11 Å². The fourth-order valence-electron chi connectivity index (χ4n) is 1.31. The van der Waals surface area contributed by atoms with Crippen molar-refractivity contribution in [3.63, 3.8) is 0 Å². The molecule has 0 amide bonds. The third-order valence-electron chi connectivity index (χ3n) is 2.24. The molecular weight excluding hydrogens is 240 g/mol. The van der Waals surface area contributed by atoms with Gasteiger partial charge in [-0.1, -0.05) is 12.1 Å². The van der Waals surface area contributed by atoms with Gasteiger partial charge in [0, 0.05) is 22.6 Å². The van der Waals surface area contributed by atoms with E-state index in [-0.39, 0.29) is 12.2 Å². The summed E-state index contributed by atoms with van der Waals surface area (Å²) in [7, 11) is -1.20. The molecule has 1 rings (SSSR count). The van der Waals surface area contributed by atoms with Crippen LogP contribution in [0.5, 0.6) is 0 Å². The number of carboxylic acids is 1. The van der Waals surface area contributed by atoms with E-state index >= 15 is 0 Å². The molecule has 1 aromatic carbocycles. The molecule has 0 saturated heterocycles. The van der Waals surface area contributed by atoms with Crippen molar-refractivity contribution in [2.24, 2.45) is 0 Å². The van der Waals surface area contributed by atoms with E-state index in [2.05, 4.69) is 0 Å². The number of benzene rings is 1. The van der Waals surface area contributed by atoms with Gasteiger partial charge in [-0.3, -0.25) is 13.8 Å². The third-order valence-corrected chi connectivity index (χ3v) is 3.70. The molecule has 0 bridgehead atoms. The maximum absolute atomic E-state index is 11.7. The summed E-state index contributed by atoms with van der Waals surface area (Å²) in [6.45, 7) is 1.47. The highest BCUT2D eigenvalue weighted by Crippen LogP contribution is 2.11. The number of carbonyl (C=O) groups excluding carboxylic acids is 1. The minimum atomic E-state index is -1.20. The van der Waals surface area contributed by atoms with Crippen molar-refractivity contribution in [1.29, 1.82) is 0 Å². The number of hydrogen-bond acceptors (Lipinski definition) is 3. The summed E-state index contributed by atoms with van der Waals surface area (Å²) in [5, 5.41) is 8.46. The van der Waals surface area contributed by atoms with Gasteiger partial charge in [0.25, 0.3) is 0 Å². The normalized spacial score (nSPS) is 12.1. The van der Waals surface area contributed by atoms with Crippen molar-refractivity contribution in [3.05, 3.63) is 29.8 Å². The molecule has 0 radical (unpaired) electrons. The Bertz CT molecular complexity index is 436. The number of carboxylic acid groups (broad SMARTS) is 1. The minimum Gasteiger partial charge on any atom is -0.481 e. The summed E-state index contributed by atoms with van der Waals surface area (Å²) in [5.74, 6) is -0.590. The molecule has 1 N–H and O–H groups in total. The number of hydrogen-bond donors (Lipinski definition) is 1. The van der Waals surface area contributed by atoms with Gasteiger partial charge >= 0.3 is 5.97 Å². The first kappa shape index (κ1) is 13.6. The van der Waals surface area contributed by atoms with Crippen LogP contribution in [0.1, 0.15) is 30.1 Å². The lowest BCUT2D eigenvalue weighted by Crippen LogP contribution is -2.02. The van der Waals surface area contributed by atoms with E-state index < -0.39 is 16.8 Å². The number of ketones is 1. The molecule has 0 aliphatic rings. The topological polar surface area (TPSA) is 71.4 Å². The first-order chi connectivity index (χ1) is 8.00. The number of carbonyl (C=O) groups is 2. The number of aliphatic carboxylic acids is 1. The molecule has 5 heteroatoms. The Morgan fingerprint density at radius 2 is 1.82 bits per heavy atom. The highest BCUT2D eigenvalue weighted by Gasteiger charge is 2.06. The summed E-state index contributed by atoms with van der Waals surface area (Å²) in [4.78, 5) is 22.0. The van der Waals surface area contributed by atoms with Crippen molar-refractivity contribution in [3.8, 4) is 0 Å². The van der Waals surface area contributed by atoms with Crippen LogP contribution < -0.4 is 0 Å². The lowest BCUT2D eigenvalue weighted by molar-refractivity contribution is -0.137. The van der Waals surface area contributed by atoms with Crippen LogP contribution in [0.3, 0.4) is 0 Å². The fraction of sp³-hybridized carbons (Fsp3) is 0.333. The predicted octanol–water partition coefficient (Wildman–Crippen LogP) is 1.86. The molecule has 0 aliphatic carbocycles. The molecule has 0 fully saturated rings. The van der Waals surface area contributed by atoms with Crippen LogP contribution in [-0.2, 0) is 15.6 Å². The SMILES string of the molecule is CC(=O)c1ccc(S(=O)CCCC(=O)O)cc1. The van der Waals surface area contributed by atoms with Crippen molar-refractivity contribution < 1.29 is 18.9 Å². The van der Waals surface area contributed by atoms with Gasteiger partial charge < -0.3 is 5.11 Å². The van der Waals surface area contributed by atoms with E-state index in [1.54, 1.807) is 24.3 Å². The highest BCUT2D eigenvalue weighted by atomic mass is 32.2. The Morgan fingerprint density at radius 1 is 1.24 bits per heavy atom. The van der Waals surface area contributed by atoms with Crippen molar-refractivity contribution in [1.82, 2.24) is 0 Å². The zero-order chi connectivity index (χ0) is 12.8. The molecule has 0 aliphatic heterocycles. The minimum absolute atomic E-state index is 0.0251. The van der Waals surface area contributed by atoms with Gasteiger partial charge in [-0.25, -0.2) is 0 Å². The summed E-state index contributed by atoms with van der Waals surface area (Å²) < 4.78 is 11.7. The number of rotatable bonds is 6. The number of Topliss-reactive ketones (excluding diaryl/α,β-unsaturated/α-hetero) is 1. The molecule has 1 aromatic rings. The second kappa shape index (κ2) is 6.30. The van der Waals surface area contributed by atoms with Crippen LogP contribution in [0.2, 0.25) is 0 Å². The van der Waals surface area contributed by atoms with Crippen molar-refractivity contribution in [2.75, 3.05) is 5.75 Å². The standard InChI is InChI=1S/C12H14O4S/c1-9(13)10-4-6-11(7-5-10)17(16)8-2-3-12(14)15/h4-7H,2-3,8H2,1H3,(H,14,15). The Morgan fingerprint density at radius 3 is 2.29 bits per heavy atom. The van der Waals surface area contributed by atoms with Crippen molar-refractivity contribution >= 4 is 22.6 Å². The molecule has 4 nitrogen and oxygen atoms in total. The monoisotopic (exact) mass is 254 g/mol. The molecule has 0 saturated carbocycles. The third kappa shape index (κ3) is 4.48. The van der Waals surface area contributed by atoms with Gasteiger partial charge in [-0.2, -0.15) is 0 Å². The summed E-state index contributed by atoms with van der Waals surface area (Å²) in [5.41, 5.74) is 0.580. The highest BCUT2D eigenvalue weighted by molar-refractivity contribution is 7.85. The van der Waals surface area contributed by atoms with Crippen LogP contribution in [0, 0.1) is 0 Å². The second-order valence-electron chi connectivity index (χ2n) is 3.63. The molecular formula is C12H14O4S. The van der Waals surface area contributed by atoms with E-state index in [1.165, 1.54) is 6.92 Å². The molecule has 0 spiro atoms. The van der Waals surface area contributed by atoms with Crippen LogP contribution in [0.4, 0.5) is 0 Å². The van der Waals surface area contributed by atoms with Gasteiger partial charge in [0.1, 0.15) is 0 Å². The van der Waals surface area contributed by atoms with Gasteiger partial charge in [-0.05, 0) is 25.5 Å². The average molecular weight is 254 g/mol. The molecule has 0 aromatic heterocycles. The summed E-state index contributed by atoms with van der Waals surface area (Å²) >= 11 is 0. The molecule has 92 valence electrons.